The number of nitrogens with one attached hydrogen (secondary N) is 1. The second-order valence-corrected chi connectivity index (χ2v) is 8.53. The third kappa shape index (κ3) is 2.18. The van der Waals surface area contributed by atoms with E-state index < -0.39 is 11.0 Å². The van der Waals surface area contributed by atoms with Gasteiger partial charge < -0.3 is 20.1 Å². The average molecular weight is 377 g/mol. The Bertz CT molecular complexity index is 1100. The lowest BCUT2D eigenvalue weighted by atomic mass is 9.51. The standard InChI is InChI=1S/C22H23N3O3/c1-21(2)19-11-22(21,28)16-10-15(26)5-3-13(16)7-8-25(19)20(27)14-4-6-17-18(9-14)24-12-23-17/h3-6,9-10,12,19,26,28H,7-8,11H2,1-2H3,(H,23,24). The van der Waals surface area contributed by atoms with Crippen LogP contribution in [0.15, 0.2) is 42.7 Å². The van der Waals surface area contributed by atoms with Crippen molar-refractivity contribution in [3.05, 3.63) is 59.4 Å². The molecule has 28 heavy (non-hydrogen) atoms. The van der Waals surface area contributed by atoms with Crippen LogP contribution >= 0.6 is 0 Å². The van der Waals surface area contributed by atoms with Gasteiger partial charge in [0, 0.05) is 30.0 Å². The maximum Gasteiger partial charge on any atom is 0.254 e. The first-order valence-corrected chi connectivity index (χ1v) is 9.60. The fraction of sp³-hybridized carbons (Fsp3) is 0.364. The number of hydrogen-bond acceptors (Lipinski definition) is 4. The molecule has 3 aliphatic rings. The zero-order valence-electron chi connectivity index (χ0n) is 15.9. The highest BCUT2D eigenvalue weighted by atomic mass is 16.3. The molecular weight excluding hydrogens is 354 g/mol. The van der Waals surface area contributed by atoms with Crippen molar-refractivity contribution in [1.29, 1.82) is 0 Å². The van der Waals surface area contributed by atoms with Crippen molar-refractivity contribution in [3.8, 4) is 5.75 Å². The zero-order valence-corrected chi connectivity index (χ0v) is 15.9. The van der Waals surface area contributed by atoms with Crippen LogP contribution in [0.1, 0.15) is 41.8 Å². The van der Waals surface area contributed by atoms with E-state index in [9.17, 15) is 15.0 Å². The summed E-state index contributed by atoms with van der Waals surface area (Å²) in [5.41, 5.74) is 2.48. The molecule has 2 bridgehead atoms. The topological polar surface area (TPSA) is 89.4 Å². The molecule has 144 valence electrons. The molecule has 1 amide bonds. The highest BCUT2D eigenvalue weighted by Crippen LogP contribution is 2.59. The number of H-pyrrole nitrogens is 1. The molecule has 0 saturated heterocycles. The van der Waals surface area contributed by atoms with Gasteiger partial charge in [-0.05, 0) is 47.9 Å². The van der Waals surface area contributed by atoms with Gasteiger partial charge in [-0.25, -0.2) is 4.98 Å². The lowest BCUT2D eigenvalue weighted by Crippen LogP contribution is -2.69. The van der Waals surface area contributed by atoms with E-state index in [0.29, 0.717) is 24.9 Å². The molecule has 2 atom stereocenters. The van der Waals surface area contributed by atoms with E-state index >= 15 is 0 Å². The van der Waals surface area contributed by atoms with E-state index in [2.05, 4.69) is 9.97 Å². The Hall–Kier alpha value is -2.86. The molecule has 2 aromatic carbocycles. The van der Waals surface area contributed by atoms with Crippen LogP contribution in [-0.4, -0.2) is 43.6 Å². The Morgan fingerprint density at radius 2 is 2.07 bits per heavy atom. The van der Waals surface area contributed by atoms with Gasteiger partial charge in [0.05, 0.1) is 23.0 Å². The molecular formula is C22H23N3O3. The first-order valence-electron chi connectivity index (χ1n) is 9.60. The Morgan fingerprint density at radius 1 is 1.25 bits per heavy atom. The summed E-state index contributed by atoms with van der Waals surface area (Å²) in [5, 5.41) is 21.4. The van der Waals surface area contributed by atoms with Crippen LogP contribution in [0.3, 0.4) is 0 Å². The van der Waals surface area contributed by atoms with Crippen molar-refractivity contribution < 1.29 is 15.0 Å². The number of carbonyl (C=O) groups is 1. The minimum atomic E-state index is -1.06. The van der Waals surface area contributed by atoms with E-state index in [0.717, 1.165) is 22.2 Å². The van der Waals surface area contributed by atoms with Gasteiger partial charge >= 0.3 is 0 Å². The fourth-order valence-corrected chi connectivity index (χ4v) is 4.94. The average Bonchev–Trinajstić information content (AvgIpc) is 3.14. The number of phenols is 1. The zero-order chi connectivity index (χ0) is 19.7. The number of benzene rings is 2. The number of aromatic hydroxyl groups is 1. The third-order valence-electron chi connectivity index (χ3n) is 6.85. The Labute approximate surface area is 162 Å². The van der Waals surface area contributed by atoms with Gasteiger partial charge in [-0.15, -0.1) is 0 Å². The summed E-state index contributed by atoms with van der Waals surface area (Å²) in [5.74, 6) is 0.131. The SMILES string of the molecule is CC1(C)C2CC1(O)c1cc(O)ccc1CCN2C(=O)c1ccc2nc[nH]c2c1. The van der Waals surface area contributed by atoms with Gasteiger partial charge in [0.1, 0.15) is 5.75 Å². The first kappa shape index (κ1) is 17.3. The summed E-state index contributed by atoms with van der Waals surface area (Å²) in [7, 11) is 0. The third-order valence-corrected chi connectivity index (χ3v) is 6.85. The van der Waals surface area contributed by atoms with E-state index in [1.807, 2.05) is 43.0 Å². The van der Waals surface area contributed by atoms with Crippen molar-refractivity contribution in [1.82, 2.24) is 14.9 Å². The molecule has 3 heterocycles. The largest absolute Gasteiger partial charge is 0.508 e. The van der Waals surface area contributed by atoms with Gasteiger partial charge in [-0.3, -0.25) is 4.79 Å². The predicted octanol–water partition coefficient (Wildman–Crippen LogP) is 2.95. The first-order chi connectivity index (χ1) is 13.3. The number of aromatic nitrogens is 2. The predicted molar refractivity (Wildman–Crippen MR) is 105 cm³/mol. The molecule has 6 rings (SSSR count). The van der Waals surface area contributed by atoms with Crippen molar-refractivity contribution in [2.45, 2.75) is 38.3 Å². The van der Waals surface area contributed by atoms with E-state index in [4.69, 9.17) is 0 Å². The number of amides is 1. The summed E-state index contributed by atoms with van der Waals surface area (Å²) in [6.07, 6.45) is 2.73. The molecule has 3 aromatic rings. The van der Waals surface area contributed by atoms with Crippen LogP contribution in [0.4, 0.5) is 0 Å². The van der Waals surface area contributed by atoms with Crippen LogP contribution in [0.5, 0.6) is 5.75 Å². The normalized spacial score (nSPS) is 25.5. The van der Waals surface area contributed by atoms with Crippen LogP contribution in [0, 0.1) is 5.41 Å². The number of phenolic OH excluding ortho intramolecular Hbond substituents is 1. The molecule has 1 aromatic heterocycles. The van der Waals surface area contributed by atoms with Crippen LogP contribution in [-0.2, 0) is 12.0 Å². The van der Waals surface area contributed by atoms with Crippen molar-refractivity contribution in [2.24, 2.45) is 5.41 Å². The smallest absolute Gasteiger partial charge is 0.254 e. The summed E-state index contributed by atoms with van der Waals surface area (Å²) < 4.78 is 0. The molecule has 3 N–H and O–H groups in total. The molecule has 0 spiro atoms. The lowest BCUT2D eigenvalue weighted by Gasteiger charge is -2.63. The number of fused-ring (bicyclic) bond motifs is 3. The van der Waals surface area contributed by atoms with Crippen LogP contribution in [0.25, 0.3) is 11.0 Å². The number of carbonyl (C=O) groups excluding carboxylic acids is 1. The number of hydrogen-bond donors (Lipinski definition) is 3. The van der Waals surface area contributed by atoms with E-state index in [-0.39, 0.29) is 17.7 Å². The van der Waals surface area contributed by atoms with Gasteiger partial charge in [0.25, 0.3) is 5.91 Å². The van der Waals surface area contributed by atoms with E-state index in [1.165, 1.54) is 0 Å². The number of rotatable bonds is 1. The number of aliphatic hydroxyl groups is 1. The number of imidazole rings is 1. The summed E-state index contributed by atoms with van der Waals surface area (Å²) in [6, 6.07) is 10.6. The maximum absolute atomic E-state index is 13.4. The number of aromatic amines is 1. The molecule has 2 aliphatic heterocycles. The quantitative estimate of drug-likeness (QED) is 0.608. The van der Waals surface area contributed by atoms with E-state index in [1.54, 1.807) is 18.5 Å². The maximum atomic E-state index is 13.4. The van der Waals surface area contributed by atoms with Crippen molar-refractivity contribution in [2.75, 3.05) is 6.54 Å². The van der Waals surface area contributed by atoms with Gasteiger partial charge in [0.15, 0.2) is 0 Å². The monoisotopic (exact) mass is 377 g/mol. The molecule has 1 fully saturated rings. The molecule has 1 saturated carbocycles. The number of nitrogens with zero attached hydrogens (tertiary/aromatic N) is 2. The van der Waals surface area contributed by atoms with Crippen LogP contribution in [0.2, 0.25) is 0 Å². The Balaban J connectivity index is 1.55. The second kappa shape index (κ2) is 5.58. The van der Waals surface area contributed by atoms with Gasteiger partial charge in [-0.1, -0.05) is 19.9 Å². The Kier molecular flexibility index (Phi) is 3.44. The van der Waals surface area contributed by atoms with Crippen molar-refractivity contribution >= 4 is 16.9 Å². The minimum Gasteiger partial charge on any atom is -0.508 e. The fourth-order valence-electron chi connectivity index (χ4n) is 4.94. The Morgan fingerprint density at radius 3 is 2.86 bits per heavy atom. The summed E-state index contributed by atoms with van der Waals surface area (Å²) >= 11 is 0. The van der Waals surface area contributed by atoms with Crippen molar-refractivity contribution in [3.63, 3.8) is 0 Å². The molecule has 1 aliphatic carbocycles. The molecule has 2 unspecified atom stereocenters. The van der Waals surface area contributed by atoms with Crippen LogP contribution < -0.4 is 0 Å². The summed E-state index contributed by atoms with van der Waals surface area (Å²) in [6.45, 7) is 4.57. The minimum absolute atomic E-state index is 0.0288. The molecule has 6 heteroatoms. The highest BCUT2D eigenvalue weighted by molar-refractivity contribution is 5.97. The van der Waals surface area contributed by atoms with Gasteiger partial charge in [0.2, 0.25) is 0 Å². The molecule has 6 nitrogen and oxygen atoms in total. The highest BCUT2D eigenvalue weighted by Gasteiger charge is 2.63. The second-order valence-electron chi connectivity index (χ2n) is 8.53. The summed E-state index contributed by atoms with van der Waals surface area (Å²) in [4.78, 5) is 22.6. The molecule has 0 radical (unpaired) electrons. The van der Waals surface area contributed by atoms with Gasteiger partial charge in [-0.2, -0.15) is 0 Å². The lowest BCUT2D eigenvalue weighted by molar-refractivity contribution is -0.206.